The van der Waals surface area contributed by atoms with Crippen molar-refractivity contribution < 1.29 is 0 Å². The Balaban J connectivity index is 2.05. The van der Waals surface area contributed by atoms with Crippen LogP contribution in [0.2, 0.25) is 0 Å². The van der Waals surface area contributed by atoms with E-state index >= 15 is 0 Å². The second kappa shape index (κ2) is 3.39. The van der Waals surface area contributed by atoms with Gasteiger partial charge in [-0.25, -0.2) is 0 Å². The smallest absolute Gasteiger partial charge is 0.0379 e. The van der Waals surface area contributed by atoms with Gasteiger partial charge in [0, 0.05) is 18.5 Å². The molecule has 1 nitrogen and oxygen atoms in total. The van der Waals surface area contributed by atoms with Gasteiger partial charge in [0.15, 0.2) is 0 Å². The highest BCUT2D eigenvalue weighted by molar-refractivity contribution is 6.18. The van der Waals surface area contributed by atoms with Gasteiger partial charge in [0.25, 0.3) is 0 Å². The third kappa shape index (κ3) is 1.29. The van der Waals surface area contributed by atoms with Gasteiger partial charge < -0.3 is 0 Å². The molecule has 0 radical (unpaired) electrons. The molecule has 2 heteroatoms. The zero-order valence-electron chi connectivity index (χ0n) is 7.38. The number of piperidine rings is 3. The molecule has 0 N–H and O–H groups in total. The van der Waals surface area contributed by atoms with Gasteiger partial charge in [-0.1, -0.05) is 6.08 Å². The maximum Gasteiger partial charge on any atom is 0.0379 e. The van der Waals surface area contributed by atoms with Crippen molar-refractivity contribution in [3.8, 4) is 0 Å². The Bertz CT molecular complexity index is 181. The summed E-state index contributed by atoms with van der Waals surface area (Å²) < 4.78 is 0. The molecule has 3 aliphatic heterocycles. The summed E-state index contributed by atoms with van der Waals surface area (Å²) in [5.74, 6) is 2.41. The number of fused-ring (bicyclic) bond motifs is 3. The first-order valence-corrected chi connectivity index (χ1v) is 5.31. The number of halogens is 1. The Labute approximate surface area is 79.4 Å². The van der Waals surface area contributed by atoms with Gasteiger partial charge in [-0.3, -0.25) is 4.90 Å². The molecule has 4 atom stereocenters. The maximum atomic E-state index is 5.90. The minimum Gasteiger partial charge on any atom is -0.299 e. The van der Waals surface area contributed by atoms with E-state index in [2.05, 4.69) is 17.6 Å². The van der Waals surface area contributed by atoms with Crippen molar-refractivity contribution in [2.45, 2.75) is 18.9 Å². The van der Waals surface area contributed by atoms with E-state index in [4.69, 9.17) is 11.6 Å². The van der Waals surface area contributed by atoms with Crippen molar-refractivity contribution in [2.75, 3.05) is 19.0 Å². The zero-order valence-corrected chi connectivity index (χ0v) is 8.13. The minimum atomic E-state index is 0.654. The molecule has 0 aromatic rings. The highest BCUT2D eigenvalue weighted by Gasteiger charge is 2.37. The number of hydrogen-bond donors (Lipinski definition) is 0. The van der Waals surface area contributed by atoms with Crippen LogP contribution in [0.15, 0.2) is 12.7 Å². The largest absolute Gasteiger partial charge is 0.299 e. The topological polar surface area (TPSA) is 3.24 Å². The van der Waals surface area contributed by atoms with Crippen LogP contribution >= 0.6 is 11.6 Å². The van der Waals surface area contributed by atoms with Gasteiger partial charge in [-0.05, 0) is 31.2 Å². The molecule has 1 unspecified atom stereocenters. The Morgan fingerprint density at radius 2 is 2.42 bits per heavy atom. The van der Waals surface area contributed by atoms with E-state index in [1.165, 1.54) is 25.9 Å². The summed E-state index contributed by atoms with van der Waals surface area (Å²) in [6.07, 6.45) is 4.77. The molecule has 3 heterocycles. The zero-order chi connectivity index (χ0) is 8.55. The van der Waals surface area contributed by atoms with E-state index in [1.54, 1.807) is 0 Å². The summed E-state index contributed by atoms with van der Waals surface area (Å²) >= 11 is 5.90. The molecule has 0 aromatic carbocycles. The summed E-state index contributed by atoms with van der Waals surface area (Å²) in [5, 5.41) is 0. The third-order valence-corrected chi connectivity index (χ3v) is 3.77. The highest BCUT2D eigenvalue weighted by Crippen LogP contribution is 2.36. The second-order valence-corrected chi connectivity index (χ2v) is 4.30. The van der Waals surface area contributed by atoms with E-state index < -0.39 is 0 Å². The van der Waals surface area contributed by atoms with E-state index in [-0.39, 0.29) is 0 Å². The SMILES string of the molecule is C=C[C@H]1CN2CC[C@H]1C[C@H]2CCl. The summed E-state index contributed by atoms with van der Waals surface area (Å²) in [4.78, 5) is 2.53. The monoisotopic (exact) mass is 185 g/mol. The molecule has 0 aliphatic carbocycles. The van der Waals surface area contributed by atoms with Crippen LogP contribution in [-0.2, 0) is 0 Å². The van der Waals surface area contributed by atoms with Crippen LogP contribution in [0.3, 0.4) is 0 Å². The van der Waals surface area contributed by atoms with E-state index in [0.29, 0.717) is 6.04 Å². The quantitative estimate of drug-likeness (QED) is 0.471. The molecule has 0 amide bonds. The molecule has 3 saturated heterocycles. The van der Waals surface area contributed by atoms with E-state index in [1.807, 2.05) is 0 Å². The highest BCUT2D eigenvalue weighted by atomic mass is 35.5. The third-order valence-electron chi connectivity index (χ3n) is 3.41. The maximum absolute atomic E-state index is 5.90. The lowest BCUT2D eigenvalue weighted by Crippen LogP contribution is -2.53. The molecule has 0 aromatic heterocycles. The van der Waals surface area contributed by atoms with Gasteiger partial charge in [0.2, 0.25) is 0 Å². The first-order valence-electron chi connectivity index (χ1n) is 4.77. The summed E-state index contributed by atoms with van der Waals surface area (Å²) in [6, 6.07) is 0.654. The molecular formula is C10H16ClN. The standard InChI is InChI=1S/C10H16ClN/c1-2-8-7-12-4-3-9(8)5-10(12)6-11/h2,8-10H,1,3-7H2/t8-,9-,10-/m0/s1. The molecule has 12 heavy (non-hydrogen) atoms. The fourth-order valence-corrected chi connectivity index (χ4v) is 2.93. The summed E-state index contributed by atoms with van der Waals surface area (Å²) in [7, 11) is 0. The lowest BCUT2D eigenvalue weighted by Gasteiger charge is -2.48. The molecular weight excluding hydrogens is 170 g/mol. The number of nitrogens with zero attached hydrogens (tertiary/aromatic N) is 1. The van der Waals surface area contributed by atoms with Crippen LogP contribution < -0.4 is 0 Å². The summed E-state index contributed by atoms with van der Waals surface area (Å²) in [6.45, 7) is 6.35. The minimum absolute atomic E-state index is 0.654. The fourth-order valence-electron chi connectivity index (χ4n) is 2.61. The second-order valence-electron chi connectivity index (χ2n) is 3.99. The fraction of sp³-hybridized carbons (Fsp3) is 0.800. The molecule has 3 aliphatic rings. The lowest BCUT2D eigenvalue weighted by atomic mass is 9.76. The van der Waals surface area contributed by atoms with Crippen molar-refractivity contribution in [2.24, 2.45) is 11.8 Å². The van der Waals surface area contributed by atoms with Crippen molar-refractivity contribution in [3.63, 3.8) is 0 Å². The molecule has 3 rings (SSSR count). The van der Waals surface area contributed by atoms with Gasteiger partial charge >= 0.3 is 0 Å². The number of rotatable bonds is 2. The van der Waals surface area contributed by atoms with Crippen molar-refractivity contribution >= 4 is 11.6 Å². The van der Waals surface area contributed by atoms with Crippen LogP contribution in [-0.4, -0.2) is 29.9 Å². The predicted molar refractivity (Wildman–Crippen MR) is 52.5 cm³/mol. The first-order chi connectivity index (χ1) is 5.85. The van der Waals surface area contributed by atoms with Crippen molar-refractivity contribution in [1.29, 1.82) is 0 Å². The van der Waals surface area contributed by atoms with Crippen LogP contribution in [0.5, 0.6) is 0 Å². The molecule has 2 bridgehead atoms. The molecule has 0 spiro atoms. The Kier molecular flexibility index (Phi) is 2.42. The van der Waals surface area contributed by atoms with Crippen molar-refractivity contribution in [1.82, 2.24) is 4.90 Å². The lowest BCUT2D eigenvalue weighted by molar-refractivity contribution is 0.0293. The van der Waals surface area contributed by atoms with Gasteiger partial charge in [0.05, 0.1) is 0 Å². The molecule has 3 fully saturated rings. The average molecular weight is 186 g/mol. The van der Waals surface area contributed by atoms with Crippen LogP contribution in [0, 0.1) is 11.8 Å². The van der Waals surface area contributed by atoms with Gasteiger partial charge in [0.1, 0.15) is 0 Å². The van der Waals surface area contributed by atoms with Crippen molar-refractivity contribution in [3.05, 3.63) is 12.7 Å². The van der Waals surface area contributed by atoms with Gasteiger partial charge in [-0.2, -0.15) is 0 Å². The van der Waals surface area contributed by atoms with Crippen LogP contribution in [0.4, 0.5) is 0 Å². The average Bonchev–Trinajstić information content (AvgIpc) is 2.18. The molecule has 68 valence electrons. The molecule has 0 saturated carbocycles. The normalized spacial score (nSPS) is 46.1. The van der Waals surface area contributed by atoms with Crippen LogP contribution in [0.25, 0.3) is 0 Å². The predicted octanol–water partition coefficient (Wildman–Crippen LogP) is 2.12. The Hall–Kier alpha value is -0.0100. The first kappa shape index (κ1) is 8.58. The number of hydrogen-bond acceptors (Lipinski definition) is 1. The van der Waals surface area contributed by atoms with Gasteiger partial charge in [-0.15, -0.1) is 18.2 Å². The summed E-state index contributed by atoms with van der Waals surface area (Å²) in [5.41, 5.74) is 0. The van der Waals surface area contributed by atoms with E-state index in [0.717, 1.165) is 17.7 Å². The Morgan fingerprint density at radius 1 is 1.58 bits per heavy atom. The van der Waals surface area contributed by atoms with Crippen LogP contribution in [0.1, 0.15) is 12.8 Å². The number of alkyl halides is 1. The van der Waals surface area contributed by atoms with E-state index in [9.17, 15) is 0 Å². The Morgan fingerprint density at radius 3 is 2.92 bits per heavy atom.